The molecule has 2 N–H and O–H groups in total. The lowest BCUT2D eigenvalue weighted by Crippen LogP contribution is -2.60. The van der Waals surface area contributed by atoms with Gasteiger partial charge in [0.25, 0.3) is 0 Å². The molecule has 1 heterocycles. The number of nitrogens with zero attached hydrogens (tertiary/aromatic N) is 1. The van der Waals surface area contributed by atoms with Crippen molar-refractivity contribution >= 4 is 21.8 Å². The van der Waals surface area contributed by atoms with Crippen LogP contribution in [0.4, 0.5) is 10.5 Å². The Kier molecular flexibility index (Phi) is 9.04. The molecule has 1 aliphatic carbocycles. The lowest BCUT2D eigenvalue weighted by molar-refractivity contribution is 0.0496. The third kappa shape index (κ3) is 8.49. The maximum Gasteiger partial charge on any atom is 0.407 e. The minimum absolute atomic E-state index is 0.0165. The van der Waals surface area contributed by atoms with Crippen LogP contribution in [0.3, 0.4) is 0 Å². The number of hydrogen-bond acceptors (Lipinski definition) is 5. The number of sulfonamides is 1. The predicted molar refractivity (Wildman–Crippen MR) is 132 cm³/mol. The number of ether oxygens (including phenoxy) is 1. The van der Waals surface area contributed by atoms with E-state index in [9.17, 15) is 13.2 Å². The molecule has 33 heavy (non-hydrogen) atoms. The molecule has 8 heteroatoms. The molecule has 186 valence electrons. The monoisotopic (exact) mass is 479 g/mol. The summed E-state index contributed by atoms with van der Waals surface area (Å²) in [6, 6.07) is 7.09. The summed E-state index contributed by atoms with van der Waals surface area (Å²) in [5, 5.41) is 2.87. The Balaban J connectivity index is 1.51. The SMILES string of the molecule is CC(C)(C)OC(=O)NC1CN(c2ccc(S(=O)(=O)NC3CCCCCCCCCC3)cc2)C1. The third-order valence-electron chi connectivity index (χ3n) is 6.29. The lowest BCUT2D eigenvalue weighted by atomic mass is 10.0. The standard InChI is InChI=1S/C25H41N3O4S/c1-25(2,3)32-24(29)26-21-18-28(19-21)22-14-16-23(17-15-22)33(30,31)27-20-12-10-8-6-4-5-7-9-11-13-20/h14-17,20-21,27H,4-13,18-19H2,1-3H3,(H,26,29). The van der Waals surface area contributed by atoms with Crippen molar-refractivity contribution in [3.05, 3.63) is 24.3 Å². The summed E-state index contributed by atoms with van der Waals surface area (Å²) in [5.74, 6) is 0. The van der Waals surface area contributed by atoms with E-state index in [1.54, 1.807) is 12.1 Å². The Morgan fingerprint density at radius 2 is 1.39 bits per heavy atom. The number of alkyl carbamates (subject to hydrolysis) is 1. The molecule has 1 saturated heterocycles. The smallest absolute Gasteiger partial charge is 0.407 e. The molecule has 0 atom stereocenters. The van der Waals surface area contributed by atoms with E-state index in [0.717, 1.165) is 31.4 Å². The Labute approximate surface area is 199 Å². The van der Waals surface area contributed by atoms with Crippen LogP contribution in [0.1, 0.15) is 85.0 Å². The first-order chi connectivity index (χ1) is 15.6. The fraction of sp³-hybridized carbons (Fsp3) is 0.720. The number of carbonyl (C=O) groups is 1. The van der Waals surface area contributed by atoms with Gasteiger partial charge in [-0.25, -0.2) is 17.9 Å². The maximum absolute atomic E-state index is 13.0. The molecule has 0 aromatic heterocycles. The molecule has 1 amide bonds. The first-order valence-corrected chi connectivity index (χ1v) is 14.0. The summed E-state index contributed by atoms with van der Waals surface area (Å²) < 4.78 is 34.2. The highest BCUT2D eigenvalue weighted by atomic mass is 32.2. The molecule has 0 bridgehead atoms. The van der Waals surface area contributed by atoms with E-state index < -0.39 is 21.7 Å². The highest BCUT2D eigenvalue weighted by Gasteiger charge is 2.30. The van der Waals surface area contributed by atoms with Crippen molar-refractivity contribution in [1.82, 2.24) is 10.0 Å². The van der Waals surface area contributed by atoms with Crippen LogP contribution in [0, 0.1) is 0 Å². The van der Waals surface area contributed by atoms with Crippen molar-refractivity contribution in [3.8, 4) is 0 Å². The second kappa shape index (κ2) is 11.6. The van der Waals surface area contributed by atoms with Gasteiger partial charge in [-0.2, -0.15) is 0 Å². The van der Waals surface area contributed by atoms with Gasteiger partial charge in [0.05, 0.1) is 10.9 Å². The van der Waals surface area contributed by atoms with E-state index in [4.69, 9.17) is 4.74 Å². The highest BCUT2D eigenvalue weighted by Crippen LogP contribution is 2.24. The average Bonchev–Trinajstić information content (AvgIpc) is 2.75. The van der Waals surface area contributed by atoms with Gasteiger partial charge < -0.3 is 15.0 Å². The van der Waals surface area contributed by atoms with Gasteiger partial charge >= 0.3 is 6.09 Å². The molecule has 2 aliphatic rings. The highest BCUT2D eigenvalue weighted by molar-refractivity contribution is 7.89. The number of rotatable bonds is 5. The minimum Gasteiger partial charge on any atom is -0.444 e. The second-order valence-electron chi connectivity index (χ2n) is 10.5. The van der Waals surface area contributed by atoms with Crippen LogP contribution in [0.25, 0.3) is 0 Å². The fourth-order valence-corrected chi connectivity index (χ4v) is 5.79. The Bertz CT molecular complexity index is 847. The molecule has 1 aromatic carbocycles. The first kappa shape index (κ1) is 25.8. The molecule has 1 aliphatic heterocycles. The molecule has 1 aromatic rings. The van der Waals surface area contributed by atoms with Crippen LogP contribution in [0.15, 0.2) is 29.2 Å². The molecular formula is C25H41N3O4S. The van der Waals surface area contributed by atoms with Gasteiger partial charge in [0, 0.05) is 24.8 Å². The molecule has 7 nitrogen and oxygen atoms in total. The quantitative estimate of drug-likeness (QED) is 0.623. The van der Waals surface area contributed by atoms with Crippen molar-refractivity contribution in [2.24, 2.45) is 0 Å². The fourth-order valence-electron chi connectivity index (χ4n) is 4.48. The van der Waals surface area contributed by atoms with Crippen molar-refractivity contribution < 1.29 is 17.9 Å². The van der Waals surface area contributed by atoms with Crippen molar-refractivity contribution in [2.45, 2.75) is 108 Å². The zero-order valence-corrected chi connectivity index (χ0v) is 21.3. The second-order valence-corrected chi connectivity index (χ2v) is 12.2. The van der Waals surface area contributed by atoms with Gasteiger partial charge in [0.15, 0.2) is 0 Å². The number of amides is 1. The molecule has 3 rings (SSSR count). The zero-order valence-electron chi connectivity index (χ0n) is 20.4. The summed E-state index contributed by atoms with van der Waals surface area (Å²) in [6.07, 6.45) is 11.1. The summed E-state index contributed by atoms with van der Waals surface area (Å²) >= 11 is 0. The number of benzene rings is 1. The Morgan fingerprint density at radius 3 is 1.91 bits per heavy atom. The van der Waals surface area contributed by atoms with Gasteiger partial charge in [0.1, 0.15) is 5.60 Å². The molecular weight excluding hydrogens is 438 g/mol. The number of carbonyl (C=O) groups excluding carboxylic acids is 1. The lowest BCUT2D eigenvalue weighted by Gasteiger charge is -2.41. The third-order valence-corrected chi connectivity index (χ3v) is 7.83. The van der Waals surface area contributed by atoms with Crippen LogP contribution in [0.5, 0.6) is 0 Å². The number of hydrogen-bond donors (Lipinski definition) is 2. The van der Waals surface area contributed by atoms with Crippen LogP contribution in [-0.2, 0) is 14.8 Å². The predicted octanol–water partition coefficient (Wildman–Crippen LogP) is 4.96. The van der Waals surface area contributed by atoms with E-state index in [0.29, 0.717) is 18.0 Å². The number of anilines is 1. The van der Waals surface area contributed by atoms with Crippen LogP contribution in [0.2, 0.25) is 0 Å². The topological polar surface area (TPSA) is 87.7 Å². The largest absolute Gasteiger partial charge is 0.444 e. The van der Waals surface area contributed by atoms with Crippen LogP contribution >= 0.6 is 0 Å². The van der Waals surface area contributed by atoms with Gasteiger partial charge in [-0.15, -0.1) is 0 Å². The number of nitrogens with one attached hydrogen (secondary N) is 2. The first-order valence-electron chi connectivity index (χ1n) is 12.5. The van der Waals surface area contributed by atoms with E-state index in [1.165, 1.54) is 38.5 Å². The molecule has 0 radical (unpaired) electrons. The van der Waals surface area contributed by atoms with Crippen molar-refractivity contribution in [2.75, 3.05) is 18.0 Å². The van der Waals surface area contributed by atoms with Crippen LogP contribution in [-0.4, -0.2) is 45.3 Å². The average molecular weight is 480 g/mol. The van der Waals surface area contributed by atoms with Gasteiger partial charge in [-0.1, -0.05) is 51.4 Å². The Morgan fingerprint density at radius 1 is 0.879 bits per heavy atom. The van der Waals surface area contributed by atoms with E-state index >= 15 is 0 Å². The summed E-state index contributed by atoms with van der Waals surface area (Å²) in [4.78, 5) is 14.3. The van der Waals surface area contributed by atoms with Crippen molar-refractivity contribution in [1.29, 1.82) is 0 Å². The van der Waals surface area contributed by atoms with E-state index in [1.807, 2.05) is 32.9 Å². The van der Waals surface area contributed by atoms with Crippen LogP contribution < -0.4 is 14.9 Å². The Hall–Kier alpha value is -1.80. The van der Waals surface area contributed by atoms with Gasteiger partial charge in [-0.3, -0.25) is 0 Å². The summed E-state index contributed by atoms with van der Waals surface area (Å²) in [6.45, 7) is 6.86. The normalized spacial score (nSPS) is 19.9. The van der Waals surface area contributed by atoms with Gasteiger partial charge in [0.2, 0.25) is 10.0 Å². The zero-order chi connectivity index (χ0) is 23.9. The molecule has 0 unspecified atom stereocenters. The summed E-state index contributed by atoms with van der Waals surface area (Å²) in [5.41, 5.74) is 0.433. The molecule has 0 spiro atoms. The maximum atomic E-state index is 13.0. The minimum atomic E-state index is -3.54. The molecule has 2 fully saturated rings. The van der Waals surface area contributed by atoms with E-state index in [2.05, 4.69) is 14.9 Å². The van der Waals surface area contributed by atoms with E-state index in [-0.39, 0.29) is 12.1 Å². The van der Waals surface area contributed by atoms with Gasteiger partial charge in [-0.05, 0) is 57.9 Å². The molecule has 1 saturated carbocycles. The van der Waals surface area contributed by atoms with Crippen molar-refractivity contribution in [3.63, 3.8) is 0 Å². The summed E-state index contributed by atoms with van der Waals surface area (Å²) in [7, 11) is -3.54.